The highest BCUT2D eigenvalue weighted by atomic mass is 35.5. The molecule has 0 saturated carbocycles. The summed E-state index contributed by atoms with van der Waals surface area (Å²) in [5.41, 5.74) is 1.63. The molecule has 4 rings (SSSR count). The molecule has 0 aliphatic carbocycles. The van der Waals surface area contributed by atoms with Gasteiger partial charge in [0, 0.05) is 25.8 Å². The van der Waals surface area contributed by atoms with Crippen molar-refractivity contribution < 1.29 is 4.74 Å². The number of aromatic nitrogens is 4. The first kappa shape index (κ1) is 19.3. The van der Waals surface area contributed by atoms with Gasteiger partial charge in [-0.1, -0.05) is 23.8 Å². The molecule has 0 radical (unpaired) electrons. The SMILES string of the molecule is C=C(C)Cn1c(=O)c2c(nc3n2CCCN3c2ccc(OC)c(Cl)c2)n(C)c1=O. The third-order valence-electron chi connectivity index (χ3n) is 5.09. The van der Waals surface area contributed by atoms with Crippen molar-refractivity contribution >= 4 is 34.4 Å². The van der Waals surface area contributed by atoms with E-state index in [-0.39, 0.29) is 12.1 Å². The molecule has 3 heterocycles. The van der Waals surface area contributed by atoms with Gasteiger partial charge in [0.1, 0.15) is 5.75 Å². The van der Waals surface area contributed by atoms with Crippen molar-refractivity contribution in [1.82, 2.24) is 18.7 Å². The first-order chi connectivity index (χ1) is 13.8. The lowest BCUT2D eigenvalue weighted by atomic mass is 10.2. The average Bonchev–Trinajstić information content (AvgIpc) is 3.09. The second kappa shape index (κ2) is 7.11. The number of nitrogens with zero attached hydrogens (tertiary/aromatic N) is 5. The first-order valence-corrected chi connectivity index (χ1v) is 9.66. The van der Waals surface area contributed by atoms with Crippen LogP contribution in [0.5, 0.6) is 5.75 Å². The summed E-state index contributed by atoms with van der Waals surface area (Å²) >= 11 is 6.31. The third kappa shape index (κ3) is 3.04. The molecule has 2 aromatic heterocycles. The molecule has 1 aliphatic rings. The number of halogens is 1. The number of allylic oxidation sites excluding steroid dienone is 1. The predicted octanol–water partition coefficient (Wildman–Crippen LogP) is 2.68. The molecular formula is C20H22ClN5O3. The Morgan fingerprint density at radius 3 is 2.72 bits per heavy atom. The zero-order chi connectivity index (χ0) is 20.9. The number of anilines is 2. The largest absolute Gasteiger partial charge is 0.495 e. The van der Waals surface area contributed by atoms with E-state index in [0.29, 0.717) is 34.4 Å². The van der Waals surface area contributed by atoms with Crippen LogP contribution in [0.1, 0.15) is 13.3 Å². The smallest absolute Gasteiger partial charge is 0.332 e. The lowest BCUT2D eigenvalue weighted by molar-refractivity contribution is 0.415. The Bertz CT molecular complexity index is 1250. The molecule has 0 spiro atoms. The van der Waals surface area contributed by atoms with Crippen molar-refractivity contribution in [3.8, 4) is 5.75 Å². The van der Waals surface area contributed by atoms with E-state index >= 15 is 0 Å². The predicted molar refractivity (Wildman–Crippen MR) is 114 cm³/mol. The third-order valence-corrected chi connectivity index (χ3v) is 5.39. The molecule has 29 heavy (non-hydrogen) atoms. The van der Waals surface area contributed by atoms with Crippen molar-refractivity contribution in [2.45, 2.75) is 26.4 Å². The average molecular weight is 416 g/mol. The van der Waals surface area contributed by atoms with Crippen LogP contribution in [0.15, 0.2) is 39.9 Å². The summed E-state index contributed by atoms with van der Waals surface area (Å²) < 4.78 is 9.75. The number of hydrogen-bond donors (Lipinski definition) is 0. The molecule has 9 heteroatoms. The van der Waals surface area contributed by atoms with E-state index in [0.717, 1.165) is 24.2 Å². The Morgan fingerprint density at radius 1 is 1.31 bits per heavy atom. The van der Waals surface area contributed by atoms with Gasteiger partial charge in [-0.2, -0.15) is 4.98 Å². The maximum atomic E-state index is 13.1. The summed E-state index contributed by atoms with van der Waals surface area (Å²) in [6.07, 6.45) is 0.824. The number of aryl methyl sites for hydroxylation is 2. The Balaban J connectivity index is 1.95. The van der Waals surface area contributed by atoms with Gasteiger partial charge in [-0.25, -0.2) is 4.79 Å². The minimum atomic E-state index is -0.403. The molecular weight excluding hydrogens is 394 g/mol. The van der Waals surface area contributed by atoms with Crippen LogP contribution in [0.25, 0.3) is 11.2 Å². The van der Waals surface area contributed by atoms with E-state index in [4.69, 9.17) is 16.3 Å². The normalized spacial score (nSPS) is 13.6. The van der Waals surface area contributed by atoms with Crippen LogP contribution < -0.4 is 20.9 Å². The molecule has 0 atom stereocenters. The minimum absolute atomic E-state index is 0.180. The molecule has 0 unspecified atom stereocenters. The minimum Gasteiger partial charge on any atom is -0.495 e. The second-order valence-electron chi connectivity index (χ2n) is 7.25. The standard InChI is InChI=1S/C20H22ClN5O3/c1-12(2)11-26-18(27)16-17(23(3)20(26)28)22-19-24(8-5-9-25(16)19)13-6-7-15(29-4)14(21)10-13/h6-7,10H,1,5,8-9,11H2,2-4H3. The van der Waals surface area contributed by atoms with Gasteiger partial charge in [0.15, 0.2) is 11.2 Å². The highest BCUT2D eigenvalue weighted by Crippen LogP contribution is 2.35. The van der Waals surface area contributed by atoms with E-state index in [1.807, 2.05) is 21.6 Å². The number of fused-ring (bicyclic) bond motifs is 3. The molecule has 0 fully saturated rings. The maximum absolute atomic E-state index is 13.1. The monoisotopic (exact) mass is 415 g/mol. The fourth-order valence-corrected chi connectivity index (χ4v) is 3.99. The first-order valence-electron chi connectivity index (χ1n) is 9.29. The van der Waals surface area contributed by atoms with E-state index < -0.39 is 5.69 Å². The van der Waals surface area contributed by atoms with E-state index in [9.17, 15) is 9.59 Å². The van der Waals surface area contributed by atoms with Crippen molar-refractivity contribution in [2.24, 2.45) is 7.05 Å². The van der Waals surface area contributed by atoms with Crippen molar-refractivity contribution in [3.63, 3.8) is 0 Å². The van der Waals surface area contributed by atoms with Gasteiger partial charge >= 0.3 is 5.69 Å². The Morgan fingerprint density at radius 2 is 2.07 bits per heavy atom. The van der Waals surface area contributed by atoms with Gasteiger partial charge in [-0.3, -0.25) is 13.9 Å². The summed E-state index contributed by atoms with van der Waals surface area (Å²) in [7, 11) is 3.20. The maximum Gasteiger partial charge on any atom is 0.332 e. The molecule has 152 valence electrons. The molecule has 1 aliphatic heterocycles. The van der Waals surface area contributed by atoms with Crippen LogP contribution in [-0.4, -0.2) is 32.3 Å². The number of imidazole rings is 1. The lowest BCUT2D eigenvalue weighted by Gasteiger charge is -2.29. The van der Waals surface area contributed by atoms with E-state index in [1.165, 1.54) is 9.13 Å². The molecule has 8 nitrogen and oxygen atoms in total. The van der Waals surface area contributed by atoms with E-state index in [1.54, 1.807) is 27.1 Å². The fourth-order valence-electron chi connectivity index (χ4n) is 3.74. The summed E-state index contributed by atoms with van der Waals surface area (Å²) in [6.45, 7) is 7.17. The van der Waals surface area contributed by atoms with Crippen molar-refractivity contribution in [3.05, 3.63) is 56.2 Å². The van der Waals surface area contributed by atoms with Crippen LogP contribution in [0.3, 0.4) is 0 Å². The quantitative estimate of drug-likeness (QED) is 0.612. The highest BCUT2D eigenvalue weighted by Gasteiger charge is 2.27. The lowest BCUT2D eigenvalue weighted by Crippen LogP contribution is -2.40. The Kier molecular flexibility index (Phi) is 4.74. The molecule has 0 N–H and O–H groups in total. The summed E-state index contributed by atoms with van der Waals surface area (Å²) in [6, 6.07) is 5.51. The number of hydrogen-bond acceptors (Lipinski definition) is 5. The van der Waals surface area contributed by atoms with Gasteiger partial charge in [-0.15, -0.1) is 0 Å². The molecule has 0 bridgehead atoms. The van der Waals surface area contributed by atoms with Crippen LogP contribution >= 0.6 is 11.6 Å². The highest BCUT2D eigenvalue weighted by molar-refractivity contribution is 6.32. The number of rotatable bonds is 4. The number of benzene rings is 1. The van der Waals surface area contributed by atoms with Gasteiger partial charge in [-0.05, 0) is 31.5 Å². The summed E-state index contributed by atoms with van der Waals surface area (Å²) in [5.74, 6) is 1.21. The summed E-state index contributed by atoms with van der Waals surface area (Å²) in [4.78, 5) is 32.5. The Hall–Kier alpha value is -3.00. The topological polar surface area (TPSA) is 74.3 Å². The van der Waals surface area contributed by atoms with Gasteiger partial charge in [0.25, 0.3) is 5.56 Å². The number of ether oxygens (including phenoxy) is 1. The van der Waals surface area contributed by atoms with Crippen LogP contribution in [0, 0.1) is 0 Å². The molecule has 3 aromatic rings. The van der Waals surface area contributed by atoms with Crippen LogP contribution in [-0.2, 0) is 20.1 Å². The van der Waals surface area contributed by atoms with Gasteiger partial charge in [0.2, 0.25) is 5.95 Å². The van der Waals surface area contributed by atoms with Crippen LogP contribution in [0.4, 0.5) is 11.6 Å². The molecule has 0 amide bonds. The van der Waals surface area contributed by atoms with Crippen molar-refractivity contribution in [1.29, 1.82) is 0 Å². The van der Waals surface area contributed by atoms with Crippen molar-refractivity contribution in [2.75, 3.05) is 18.6 Å². The van der Waals surface area contributed by atoms with Crippen LogP contribution in [0.2, 0.25) is 5.02 Å². The second-order valence-corrected chi connectivity index (χ2v) is 7.66. The van der Waals surface area contributed by atoms with E-state index in [2.05, 4.69) is 11.6 Å². The molecule has 0 saturated heterocycles. The zero-order valence-corrected chi connectivity index (χ0v) is 17.4. The molecule has 1 aromatic carbocycles. The zero-order valence-electron chi connectivity index (χ0n) is 16.6. The Labute approximate surface area is 172 Å². The fraction of sp³-hybridized carbons (Fsp3) is 0.350. The summed E-state index contributed by atoms with van der Waals surface area (Å²) in [5, 5.41) is 0.495. The number of methoxy groups -OCH3 is 1. The van der Waals surface area contributed by atoms with Gasteiger partial charge in [0.05, 0.1) is 18.7 Å². The van der Waals surface area contributed by atoms with Gasteiger partial charge < -0.3 is 14.2 Å².